The molecule has 0 bridgehead atoms. The molecule has 0 saturated carbocycles. The number of aliphatic hydroxyl groups is 1. The first-order chi connectivity index (χ1) is 8.06. The van der Waals surface area contributed by atoms with Gasteiger partial charge in [0.05, 0.1) is 12.5 Å². The van der Waals surface area contributed by atoms with Crippen molar-refractivity contribution in [3.8, 4) is 0 Å². The molecule has 0 aliphatic carbocycles. The van der Waals surface area contributed by atoms with Crippen LogP contribution in [0.5, 0.6) is 0 Å². The van der Waals surface area contributed by atoms with E-state index in [0.29, 0.717) is 5.69 Å². The van der Waals surface area contributed by atoms with Gasteiger partial charge < -0.3 is 9.67 Å². The average Bonchev–Trinajstić information content (AvgIpc) is 2.83. The first-order valence-corrected chi connectivity index (χ1v) is 6.99. The topological polar surface area (TPSA) is 55.9 Å². The van der Waals surface area contributed by atoms with Crippen LogP contribution in [-0.4, -0.2) is 24.4 Å². The Bertz CT molecular complexity index is 536. The van der Waals surface area contributed by atoms with Crippen molar-refractivity contribution in [3.05, 3.63) is 32.1 Å². The average molecular weight is 411 g/mol. The molecule has 7 heteroatoms. The van der Waals surface area contributed by atoms with Crippen LogP contribution in [0.25, 0.3) is 0 Å². The molecule has 92 valence electrons. The van der Waals surface area contributed by atoms with Crippen molar-refractivity contribution in [1.82, 2.24) is 19.3 Å². The minimum atomic E-state index is -0.752. The van der Waals surface area contributed by atoms with E-state index in [2.05, 4.69) is 48.6 Å². The van der Waals surface area contributed by atoms with Gasteiger partial charge in [-0.3, -0.25) is 4.68 Å². The third-order valence-corrected chi connectivity index (χ3v) is 4.73. The Kier molecular flexibility index (Phi) is 3.88. The van der Waals surface area contributed by atoms with Gasteiger partial charge in [0.2, 0.25) is 0 Å². The normalized spacial score (nSPS) is 13.0. The number of rotatable bonds is 3. The summed E-state index contributed by atoms with van der Waals surface area (Å²) in [5, 5.41) is 14.5. The zero-order chi connectivity index (χ0) is 12.6. The molecule has 0 spiro atoms. The van der Waals surface area contributed by atoms with Crippen LogP contribution in [0.15, 0.2) is 17.1 Å². The SMILES string of the molecule is CCn1ncc(C(O)c2ncn(C)c2I)c1Br. The fourth-order valence-electron chi connectivity index (χ4n) is 1.55. The summed E-state index contributed by atoms with van der Waals surface area (Å²) >= 11 is 5.61. The molecular weight excluding hydrogens is 399 g/mol. The highest BCUT2D eigenvalue weighted by molar-refractivity contribution is 14.1. The van der Waals surface area contributed by atoms with Crippen molar-refractivity contribution in [2.24, 2.45) is 7.05 Å². The molecular formula is C10H12BrIN4O. The quantitative estimate of drug-likeness (QED) is 0.788. The third kappa shape index (κ3) is 2.27. The van der Waals surface area contributed by atoms with Crippen LogP contribution in [-0.2, 0) is 13.6 Å². The van der Waals surface area contributed by atoms with Gasteiger partial charge in [-0.1, -0.05) is 0 Å². The van der Waals surface area contributed by atoms with Gasteiger partial charge in [0.1, 0.15) is 20.1 Å². The highest BCUT2D eigenvalue weighted by atomic mass is 127. The second-order valence-electron chi connectivity index (χ2n) is 3.64. The van der Waals surface area contributed by atoms with Crippen LogP contribution >= 0.6 is 38.5 Å². The van der Waals surface area contributed by atoms with E-state index in [-0.39, 0.29) is 0 Å². The monoisotopic (exact) mass is 410 g/mol. The maximum Gasteiger partial charge on any atom is 0.128 e. The Hall–Kier alpha value is -0.410. The lowest BCUT2D eigenvalue weighted by atomic mass is 10.1. The van der Waals surface area contributed by atoms with Crippen molar-refractivity contribution in [1.29, 1.82) is 0 Å². The Labute approximate surface area is 121 Å². The smallest absolute Gasteiger partial charge is 0.128 e. The number of aromatic nitrogens is 4. The Morgan fingerprint density at radius 3 is 2.76 bits per heavy atom. The fraction of sp³-hybridized carbons (Fsp3) is 0.400. The second kappa shape index (κ2) is 5.07. The van der Waals surface area contributed by atoms with E-state index >= 15 is 0 Å². The highest BCUT2D eigenvalue weighted by Gasteiger charge is 2.22. The van der Waals surface area contributed by atoms with Crippen molar-refractivity contribution >= 4 is 38.5 Å². The minimum absolute atomic E-state index is 0.657. The Morgan fingerprint density at radius 2 is 2.29 bits per heavy atom. The van der Waals surface area contributed by atoms with Gasteiger partial charge in [-0.05, 0) is 45.4 Å². The summed E-state index contributed by atoms with van der Waals surface area (Å²) in [5.74, 6) is 0. The molecule has 0 aliphatic rings. The Balaban J connectivity index is 2.40. The molecule has 0 aromatic carbocycles. The number of imidazole rings is 1. The van der Waals surface area contributed by atoms with Crippen molar-refractivity contribution in [3.63, 3.8) is 0 Å². The first kappa shape index (κ1) is 13.0. The molecule has 1 atom stereocenters. The molecule has 2 rings (SSSR count). The van der Waals surface area contributed by atoms with Gasteiger partial charge in [-0.2, -0.15) is 5.10 Å². The lowest BCUT2D eigenvalue weighted by Gasteiger charge is -2.08. The third-order valence-electron chi connectivity index (χ3n) is 2.55. The van der Waals surface area contributed by atoms with Gasteiger partial charge in [0.15, 0.2) is 0 Å². The van der Waals surface area contributed by atoms with Crippen LogP contribution in [0.1, 0.15) is 24.3 Å². The summed E-state index contributed by atoms with van der Waals surface area (Å²) in [6, 6.07) is 0. The molecule has 0 aliphatic heterocycles. The predicted molar refractivity (Wildman–Crippen MR) is 75.6 cm³/mol. The molecule has 0 saturated heterocycles. The number of halogens is 2. The number of hydrogen-bond acceptors (Lipinski definition) is 3. The molecule has 0 amide bonds. The summed E-state index contributed by atoms with van der Waals surface area (Å²) in [6.07, 6.45) is 2.61. The number of aryl methyl sites for hydroxylation is 2. The second-order valence-corrected chi connectivity index (χ2v) is 5.41. The summed E-state index contributed by atoms with van der Waals surface area (Å²) < 4.78 is 5.38. The number of aliphatic hydroxyl groups excluding tert-OH is 1. The molecule has 2 heterocycles. The van der Waals surface area contributed by atoms with E-state index in [1.54, 1.807) is 17.2 Å². The molecule has 17 heavy (non-hydrogen) atoms. The summed E-state index contributed by atoms with van der Waals surface area (Å²) in [5.41, 5.74) is 1.40. The standard InChI is InChI=1S/C10H12BrIN4O/c1-3-16-9(11)6(4-14-16)8(17)7-10(12)15(2)5-13-7/h4-5,8,17H,3H2,1-2H3. The van der Waals surface area contributed by atoms with Crippen LogP contribution in [0.4, 0.5) is 0 Å². The molecule has 2 aromatic rings. The summed E-state index contributed by atoms with van der Waals surface area (Å²) in [6.45, 7) is 2.76. The summed E-state index contributed by atoms with van der Waals surface area (Å²) in [7, 11) is 1.90. The van der Waals surface area contributed by atoms with Crippen LogP contribution in [0, 0.1) is 3.70 Å². The van der Waals surface area contributed by atoms with Gasteiger partial charge in [0, 0.05) is 19.2 Å². The van der Waals surface area contributed by atoms with Gasteiger partial charge in [-0.25, -0.2) is 4.98 Å². The van der Waals surface area contributed by atoms with Gasteiger partial charge in [0.25, 0.3) is 0 Å². The predicted octanol–water partition coefficient (Wildman–Crippen LogP) is 2.09. The molecule has 2 aromatic heterocycles. The molecule has 1 unspecified atom stereocenters. The van der Waals surface area contributed by atoms with E-state index in [9.17, 15) is 5.11 Å². The molecule has 5 nitrogen and oxygen atoms in total. The zero-order valence-corrected chi connectivity index (χ0v) is 13.2. The lowest BCUT2D eigenvalue weighted by Crippen LogP contribution is -2.04. The van der Waals surface area contributed by atoms with Crippen LogP contribution in [0.2, 0.25) is 0 Å². The van der Waals surface area contributed by atoms with Gasteiger partial charge >= 0.3 is 0 Å². The van der Waals surface area contributed by atoms with Crippen LogP contribution in [0.3, 0.4) is 0 Å². The summed E-state index contributed by atoms with van der Waals surface area (Å²) in [4.78, 5) is 4.22. The maximum absolute atomic E-state index is 10.3. The highest BCUT2D eigenvalue weighted by Crippen LogP contribution is 2.29. The number of nitrogens with zero attached hydrogens (tertiary/aromatic N) is 4. The fourth-order valence-corrected chi connectivity index (χ4v) is 2.77. The Morgan fingerprint density at radius 1 is 1.59 bits per heavy atom. The van der Waals surface area contributed by atoms with E-state index in [1.165, 1.54) is 0 Å². The van der Waals surface area contributed by atoms with E-state index < -0.39 is 6.10 Å². The molecule has 1 N–H and O–H groups in total. The van der Waals surface area contributed by atoms with E-state index in [0.717, 1.165) is 20.4 Å². The van der Waals surface area contributed by atoms with Crippen molar-refractivity contribution in [2.45, 2.75) is 19.6 Å². The largest absolute Gasteiger partial charge is 0.382 e. The maximum atomic E-state index is 10.3. The van der Waals surface area contributed by atoms with E-state index in [4.69, 9.17) is 0 Å². The zero-order valence-electron chi connectivity index (χ0n) is 9.43. The van der Waals surface area contributed by atoms with Crippen molar-refractivity contribution in [2.75, 3.05) is 0 Å². The van der Waals surface area contributed by atoms with E-state index in [1.807, 2.05) is 18.5 Å². The lowest BCUT2D eigenvalue weighted by molar-refractivity contribution is 0.213. The van der Waals surface area contributed by atoms with Gasteiger partial charge in [-0.15, -0.1) is 0 Å². The van der Waals surface area contributed by atoms with Crippen molar-refractivity contribution < 1.29 is 5.11 Å². The molecule has 0 radical (unpaired) electrons. The van der Waals surface area contributed by atoms with Crippen LogP contribution < -0.4 is 0 Å². The minimum Gasteiger partial charge on any atom is -0.382 e. The first-order valence-electron chi connectivity index (χ1n) is 5.12. The molecule has 0 fully saturated rings. The number of hydrogen-bond donors (Lipinski definition) is 1.